The van der Waals surface area contributed by atoms with Gasteiger partial charge in [0, 0.05) is 12.0 Å². The molecule has 16 heavy (non-hydrogen) atoms. The molecule has 1 fully saturated rings. The van der Waals surface area contributed by atoms with Crippen molar-refractivity contribution in [2.75, 3.05) is 0 Å². The number of fused-ring (bicyclic) bond motifs is 1. The molecule has 3 nitrogen and oxygen atoms in total. The predicted molar refractivity (Wildman–Crippen MR) is 61.8 cm³/mol. The van der Waals surface area contributed by atoms with Crippen molar-refractivity contribution in [1.29, 1.82) is 0 Å². The van der Waals surface area contributed by atoms with Gasteiger partial charge in [0.1, 0.15) is 5.78 Å². The molecule has 2 rings (SSSR count). The van der Waals surface area contributed by atoms with Crippen molar-refractivity contribution in [3.8, 4) is 0 Å². The number of ketones is 1. The average Bonchev–Trinajstić information content (AvgIpc) is 2.26. The Kier molecular flexibility index (Phi) is 2.87. The fourth-order valence-electron chi connectivity index (χ4n) is 2.83. The van der Waals surface area contributed by atoms with Crippen molar-refractivity contribution in [2.45, 2.75) is 45.7 Å². The minimum absolute atomic E-state index is 0.00458. The molecule has 88 valence electrons. The Balaban J connectivity index is 2.37. The number of nitrogens with zero attached hydrogens (tertiary/aromatic N) is 1. The summed E-state index contributed by atoms with van der Waals surface area (Å²) in [5.41, 5.74) is 0. The molecule has 1 heterocycles. The molecule has 0 spiro atoms. The zero-order chi connectivity index (χ0) is 11.9. The first-order chi connectivity index (χ1) is 7.54. The number of hydrogen-bond donors (Lipinski definition) is 0. The zero-order valence-corrected chi connectivity index (χ0v) is 10.1. The molecular formula is C13H19NO2. The Hall–Kier alpha value is -1.12. The second kappa shape index (κ2) is 4.04. The summed E-state index contributed by atoms with van der Waals surface area (Å²) in [5, 5.41) is 0. The monoisotopic (exact) mass is 221 g/mol. The summed E-state index contributed by atoms with van der Waals surface area (Å²) in [6.07, 6.45) is 5.98. The van der Waals surface area contributed by atoms with Crippen LogP contribution in [0, 0.1) is 11.8 Å². The van der Waals surface area contributed by atoms with Crippen LogP contribution in [-0.2, 0) is 9.59 Å². The second-order valence-corrected chi connectivity index (χ2v) is 5.07. The molecule has 1 amide bonds. The van der Waals surface area contributed by atoms with E-state index in [1.165, 1.54) is 0 Å². The van der Waals surface area contributed by atoms with Crippen LogP contribution in [0.5, 0.6) is 0 Å². The minimum atomic E-state index is -0.449. The maximum atomic E-state index is 12.1. The summed E-state index contributed by atoms with van der Waals surface area (Å²) in [7, 11) is 0. The summed E-state index contributed by atoms with van der Waals surface area (Å²) in [6, 6.07) is 0.170. The van der Waals surface area contributed by atoms with Crippen LogP contribution in [0.15, 0.2) is 12.2 Å². The summed E-state index contributed by atoms with van der Waals surface area (Å²) in [4.78, 5) is 26.0. The molecule has 0 aromatic rings. The maximum Gasteiger partial charge on any atom is 0.233 e. The van der Waals surface area contributed by atoms with Crippen LogP contribution in [0.25, 0.3) is 0 Å². The smallest absolute Gasteiger partial charge is 0.233 e. The molecule has 0 radical (unpaired) electrons. The van der Waals surface area contributed by atoms with E-state index in [1.54, 1.807) is 6.92 Å². The van der Waals surface area contributed by atoms with Crippen molar-refractivity contribution in [1.82, 2.24) is 4.90 Å². The second-order valence-electron chi connectivity index (χ2n) is 5.07. The SMILES string of the molecule is CC1C(=O)[C@@H]2CCC=C[C@@H]2N(C(C)C)C1=O. The number of carbonyl (C=O) groups is 2. The van der Waals surface area contributed by atoms with E-state index in [0.717, 1.165) is 12.8 Å². The van der Waals surface area contributed by atoms with Crippen molar-refractivity contribution in [3.63, 3.8) is 0 Å². The van der Waals surface area contributed by atoms with Gasteiger partial charge in [-0.05, 0) is 33.6 Å². The number of amides is 1. The summed E-state index contributed by atoms with van der Waals surface area (Å²) in [5.74, 6) is -0.292. The summed E-state index contributed by atoms with van der Waals surface area (Å²) in [6.45, 7) is 5.77. The first-order valence-electron chi connectivity index (χ1n) is 6.06. The number of hydrogen-bond acceptors (Lipinski definition) is 2. The van der Waals surface area contributed by atoms with Gasteiger partial charge in [0.25, 0.3) is 0 Å². The predicted octanol–water partition coefficient (Wildman–Crippen LogP) is 1.78. The molecule has 3 heteroatoms. The third kappa shape index (κ3) is 1.58. The van der Waals surface area contributed by atoms with Crippen molar-refractivity contribution in [3.05, 3.63) is 12.2 Å². The van der Waals surface area contributed by atoms with Crippen LogP contribution in [0.2, 0.25) is 0 Å². The standard InChI is InChI=1S/C13H19NO2/c1-8(2)14-11-7-5-4-6-10(11)12(15)9(3)13(14)16/h5,7-11H,4,6H2,1-3H3/t9?,10-,11+/m1/s1. The van der Waals surface area contributed by atoms with E-state index in [0.29, 0.717) is 0 Å². The van der Waals surface area contributed by atoms with Crippen LogP contribution >= 0.6 is 0 Å². The molecule has 0 N–H and O–H groups in total. The van der Waals surface area contributed by atoms with E-state index in [4.69, 9.17) is 0 Å². The highest BCUT2D eigenvalue weighted by Crippen LogP contribution is 2.33. The molecule has 0 aromatic heterocycles. The Morgan fingerprint density at radius 2 is 2.06 bits per heavy atom. The lowest BCUT2D eigenvalue weighted by atomic mass is 9.76. The third-order valence-corrected chi connectivity index (χ3v) is 3.68. The molecule has 1 saturated heterocycles. The quantitative estimate of drug-likeness (QED) is 0.500. The highest BCUT2D eigenvalue weighted by molar-refractivity contribution is 6.05. The van der Waals surface area contributed by atoms with Gasteiger partial charge in [0.15, 0.2) is 0 Å². The number of piperidine rings is 1. The molecule has 1 unspecified atom stereocenters. The Labute approximate surface area is 96.5 Å². The lowest BCUT2D eigenvalue weighted by Gasteiger charge is -2.45. The van der Waals surface area contributed by atoms with Crippen molar-refractivity contribution in [2.24, 2.45) is 11.8 Å². The zero-order valence-electron chi connectivity index (χ0n) is 10.1. The molecule has 0 aromatic carbocycles. The highest BCUT2D eigenvalue weighted by atomic mass is 16.2. The first kappa shape index (κ1) is 11.4. The van der Waals surface area contributed by atoms with Gasteiger partial charge < -0.3 is 4.90 Å². The molecule has 1 aliphatic carbocycles. The van der Waals surface area contributed by atoms with E-state index < -0.39 is 5.92 Å². The van der Waals surface area contributed by atoms with Gasteiger partial charge in [-0.1, -0.05) is 12.2 Å². The van der Waals surface area contributed by atoms with Crippen molar-refractivity contribution < 1.29 is 9.59 Å². The van der Waals surface area contributed by atoms with Crippen LogP contribution in [0.3, 0.4) is 0 Å². The average molecular weight is 221 g/mol. The topological polar surface area (TPSA) is 37.4 Å². The Morgan fingerprint density at radius 1 is 1.38 bits per heavy atom. The Morgan fingerprint density at radius 3 is 2.69 bits per heavy atom. The minimum Gasteiger partial charge on any atom is -0.332 e. The number of allylic oxidation sites excluding steroid dienone is 1. The number of Topliss-reactive ketones (excluding diaryl/α,β-unsaturated/α-hetero) is 1. The van der Waals surface area contributed by atoms with Gasteiger partial charge in [-0.2, -0.15) is 0 Å². The maximum absolute atomic E-state index is 12.1. The number of carbonyl (C=O) groups excluding carboxylic acids is 2. The lowest BCUT2D eigenvalue weighted by Crippen LogP contribution is -2.58. The van der Waals surface area contributed by atoms with Gasteiger partial charge in [0.2, 0.25) is 5.91 Å². The van der Waals surface area contributed by atoms with Crippen LogP contribution in [0.1, 0.15) is 33.6 Å². The third-order valence-electron chi connectivity index (χ3n) is 3.68. The van der Waals surface area contributed by atoms with Crippen LogP contribution in [-0.4, -0.2) is 28.7 Å². The van der Waals surface area contributed by atoms with Gasteiger partial charge in [0.05, 0.1) is 12.0 Å². The van der Waals surface area contributed by atoms with E-state index in [2.05, 4.69) is 6.08 Å². The van der Waals surface area contributed by atoms with Crippen LogP contribution < -0.4 is 0 Å². The molecule has 1 aliphatic heterocycles. The number of rotatable bonds is 1. The molecule has 2 aliphatic rings. The van der Waals surface area contributed by atoms with E-state index in [-0.39, 0.29) is 29.7 Å². The van der Waals surface area contributed by atoms with Gasteiger partial charge >= 0.3 is 0 Å². The molecule has 0 saturated carbocycles. The van der Waals surface area contributed by atoms with Gasteiger partial charge in [-0.3, -0.25) is 9.59 Å². The lowest BCUT2D eigenvalue weighted by molar-refractivity contribution is -0.153. The van der Waals surface area contributed by atoms with E-state index in [9.17, 15) is 9.59 Å². The number of likely N-dealkylation sites (tertiary alicyclic amines) is 1. The molecule has 3 atom stereocenters. The fraction of sp³-hybridized carbons (Fsp3) is 0.692. The fourth-order valence-corrected chi connectivity index (χ4v) is 2.83. The van der Waals surface area contributed by atoms with Gasteiger partial charge in [-0.15, -0.1) is 0 Å². The van der Waals surface area contributed by atoms with E-state index >= 15 is 0 Å². The van der Waals surface area contributed by atoms with E-state index in [1.807, 2.05) is 24.8 Å². The molecular weight excluding hydrogens is 202 g/mol. The van der Waals surface area contributed by atoms with Gasteiger partial charge in [-0.25, -0.2) is 0 Å². The first-order valence-corrected chi connectivity index (χ1v) is 6.06. The van der Waals surface area contributed by atoms with Crippen LogP contribution in [0.4, 0.5) is 0 Å². The summed E-state index contributed by atoms with van der Waals surface area (Å²) >= 11 is 0. The Bertz CT molecular complexity index is 346. The largest absolute Gasteiger partial charge is 0.332 e. The highest BCUT2D eigenvalue weighted by Gasteiger charge is 2.45. The summed E-state index contributed by atoms with van der Waals surface area (Å²) < 4.78 is 0. The molecule has 0 bridgehead atoms. The normalized spacial score (nSPS) is 34.5. The van der Waals surface area contributed by atoms with Crippen molar-refractivity contribution >= 4 is 11.7 Å².